The predicted octanol–water partition coefficient (Wildman–Crippen LogP) is 3.96. The summed E-state index contributed by atoms with van der Waals surface area (Å²) in [6.45, 7) is 1.95. The molecule has 3 nitrogen and oxygen atoms in total. The predicted molar refractivity (Wildman–Crippen MR) is 81.1 cm³/mol. The lowest BCUT2D eigenvalue weighted by Crippen LogP contribution is -2.06. The first kappa shape index (κ1) is 14.4. The highest BCUT2D eigenvalue weighted by Gasteiger charge is 2.03. The fourth-order valence-corrected chi connectivity index (χ4v) is 1.99. The monoisotopic (exact) mass is 289 g/mol. The Labute approximate surface area is 123 Å². The van der Waals surface area contributed by atoms with Gasteiger partial charge in [-0.2, -0.15) is 0 Å². The molecule has 0 aliphatic rings. The number of rotatable bonds is 5. The minimum atomic E-state index is -0.120. The normalized spacial score (nSPS) is 10.1. The molecular formula is C16H16ClNO2. The fourth-order valence-electron chi connectivity index (χ4n) is 1.84. The van der Waals surface area contributed by atoms with E-state index in [1.807, 2.05) is 42.5 Å². The molecule has 0 heterocycles. The van der Waals surface area contributed by atoms with E-state index in [9.17, 15) is 4.79 Å². The third-order valence-corrected chi connectivity index (χ3v) is 3.00. The molecule has 0 bridgehead atoms. The Morgan fingerprint density at radius 2 is 1.90 bits per heavy atom. The first-order valence-electron chi connectivity index (χ1n) is 6.31. The van der Waals surface area contributed by atoms with Crippen molar-refractivity contribution in [2.45, 2.75) is 19.4 Å². The average Bonchev–Trinajstić information content (AvgIpc) is 2.45. The molecule has 1 N–H and O–H groups in total. The zero-order valence-electron chi connectivity index (χ0n) is 11.2. The lowest BCUT2D eigenvalue weighted by atomic mass is 10.2. The van der Waals surface area contributed by atoms with Crippen molar-refractivity contribution >= 4 is 23.2 Å². The van der Waals surface area contributed by atoms with Gasteiger partial charge in [0.25, 0.3) is 0 Å². The van der Waals surface area contributed by atoms with Gasteiger partial charge in [0.2, 0.25) is 5.91 Å². The Bertz CT molecular complexity index is 584. The van der Waals surface area contributed by atoms with Crippen molar-refractivity contribution in [1.29, 1.82) is 0 Å². The highest BCUT2D eigenvalue weighted by atomic mass is 35.5. The molecular weight excluding hydrogens is 274 g/mol. The minimum Gasteiger partial charge on any atom is -0.489 e. The molecule has 4 heteroatoms. The van der Waals surface area contributed by atoms with Crippen molar-refractivity contribution < 1.29 is 9.53 Å². The number of anilines is 1. The van der Waals surface area contributed by atoms with E-state index < -0.39 is 0 Å². The van der Waals surface area contributed by atoms with E-state index in [0.717, 1.165) is 11.1 Å². The van der Waals surface area contributed by atoms with Crippen molar-refractivity contribution in [3.8, 4) is 5.75 Å². The summed E-state index contributed by atoms with van der Waals surface area (Å²) in [5.41, 5.74) is 2.68. The van der Waals surface area contributed by atoms with Crippen LogP contribution in [0.15, 0.2) is 48.5 Å². The molecule has 0 aliphatic carbocycles. The van der Waals surface area contributed by atoms with Crippen LogP contribution in [-0.4, -0.2) is 5.91 Å². The summed E-state index contributed by atoms with van der Waals surface area (Å²) >= 11 is 5.86. The second-order valence-corrected chi connectivity index (χ2v) is 4.72. The molecule has 2 rings (SSSR count). The Morgan fingerprint density at radius 3 is 2.55 bits per heavy atom. The van der Waals surface area contributed by atoms with Crippen molar-refractivity contribution in [2.24, 2.45) is 0 Å². The lowest BCUT2D eigenvalue weighted by molar-refractivity contribution is -0.114. The van der Waals surface area contributed by atoms with Crippen LogP contribution in [0.25, 0.3) is 0 Å². The van der Waals surface area contributed by atoms with Crippen molar-refractivity contribution in [1.82, 2.24) is 0 Å². The van der Waals surface area contributed by atoms with Crippen molar-refractivity contribution in [3.05, 3.63) is 59.7 Å². The van der Waals surface area contributed by atoms with Gasteiger partial charge in [0.1, 0.15) is 12.4 Å². The first-order chi connectivity index (χ1) is 9.67. The second-order valence-electron chi connectivity index (χ2n) is 4.45. The van der Waals surface area contributed by atoms with Crippen LogP contribution < -0.4 is 10.1 Å². The van der Waals surface area contributed by atoms with Gasteiger partial charge >= 0.3 is 0 Å². The largest absolute Gasteiger partial charge is 0.489 e. The summed E-state index contributed by atoms with van der Waals surface area (Å²) in [5.74, 6) is 0.941. The zero-order valence-corrected chi connectivity index (χ0v) is 12.0. The number of alkyl halides is 1. The summed E-state index contributed by atoms with van der Waals surface area (Å²) in [5, 5.41) is 2.74. The molecule has 0 saturated heterocycles. The molecule has 2 aromatic rings. The van der Waals surface area contributed by atoms with Crippen LogP contribution in [0.2, 0.25) is 0 Å². The van der Waals surface area contributed by atoms with Crippen LogP contribution in [0.5, 0.6) is 5.75 Å². The molecule has 20 heavy (non-hydrogen) atoms. The third kappa shape index (κ3) is 4.28. The van der Waals surface area contributed by atoms with Gasteiger partial charge in [-0.05, 0) is 23.3 Å². The summed E-state index contributed by atoms with van der Waals surface area (Å²) in [6, 6.07) is 15.4. The molecule has 0 aromatic heterocycles. The van der Waals surface area contributed by atoms with Crippen LogP contribution in [0, 0.1) is 0 Å². The molecule has 1 amide bonds. The quantitative estimate of drug-likeness (QED) is 0.846. The Kier molecular flexibility index (Phi) is 5.02. The molecule has 104 valence electrons. The smallest absolute Gasteiger partial charge is 0.221 e. The van der Waals surface area contributed by atoms with E-state index in [0.29, 0.717) is 23.9 Å². The average molecular weight is 290 g/mol. The van der Waals surface area contributed by atoms with Gasteiger partial charge in [-0.25, -0.2) is 0 Å². The van der Waals surface area contributed by atoms with E-state index >= 15 is 0 Å². The van der Waals surface area contributed by atoms with Crippen LogP contribution in [-0.2, 0) is 17.3 Å². The summed E-state index contributed by atoms with van der Waals surface area (Å²) in [6.07, 6.45) is 0. The first-order valence-corrected chi connectivity index (χ1v) is 6.85. The van der Waals surface area contributed by atoms with Gasteiger partial charge in [-0.15, -0.1) is 11.6 Å². The van der Waals surface area contributed by atoms with Crippen molar-refractivity contribution in [3.63, 3.8) is 0 Å². The summed E-state index contributed by atoms with van der Waals surface area (Å²) in [4.78, 5) is 11.1. The van der Waals surface area contributed by atoms with Crippen LogP contribution in [0.1, 0.15) is 18.1 Å². The number of carbonyl (C=O) groups is 1. The van der Waals surface area contributed by atoms with E-state index in [-0.39, 0.29) is 5.91 Å². The second kappa shape index (κ2) is 6.96. The molecule has 2 aromatic carbocycles. The van der Waals surface area contributed by atoms with Gasteiger partial charge < -0.3 is 10.1 Å². The molecule has 0 saturated carbocycles. The maximum atomic E-state index is 11.1. The lowest BCUT2D eigenvalue weighted by Gasteiger charge is -2.10. The number of ether oxygens (including phenoxy) is 1. The molecule has 0 spiro atoms. The Hall–Kier alpha value is -2.00. The minimum absolute atomic E-state index is 0.120. The standard InChI is InChI=1S/C16H16ClNO2/c1-12(19)18-15-7-14(10-17)8-16(9-15)20-11-13-5-3-2-4-6-13/h2-9H,10-11H2,1H3,(H,18,19). The van der Waals surface area contributed by atoms with Crippen LogP contribution in [0.4, 0.5) is 5.69 Å². The van der Waals surface area contributed by atoms with E-state index in [1.54, 1.807) is 6.07 Å². The highest BCUT2D eigenvalue weighted by Crippen LogP contribution is 2.23. The number of carbonyl (C=O) groups excluding carboxylic acids is 1. The van der Waals surface area contributed by atoms with Gasteiger partial charge in [0.15, 0.2) is 0 Å². The molecule has 0 atom stereocenters. The van der Waals surface area contributed by atoms with Gasteiger partial charge in [-0.3, -0.25) is 4.79 Å². The van der Waals surface area contributed by atoms with Crippen LogP contribution >= 0.6 is 11.6 Å². The van der Waals surface area contributed by atoms with E-state index in [1.165, 1.54) is 6.92 Å². The number of nitrogens with one attached hydrogen (secondary N) is 1. The van der Waals surface area contributed by atoms with Gasteiger partial charge in [0.05, 0.1) is 0 Å². The maximum Gasteiger partial charge on any atom is 0.221 e. The third-order valence-electron chi connectivity index (χ3n) is 2.69. The van der Waals surface area contributed by atoms with Crippen molar-refractivity contribution in [2.75, 3.05) is 5.32 Å². The Morgan fingerprint density at radius 1 is 1.15 bits per heavy atom. The summed E-state index contributed by atoms with van der Waals surface area (Å²) < 4.78 is 5.75. The molecule has 0 radical (unpaired) electrons. The van der Waals surface area contributed by atoms with Gasteiger partial charge in [-0.1, -0.05) is 30.3 Å². The Balaban J connectivity index is 2.12. The van der Waals surface area contributed by atoms with E-state index in [2.05, 4.69) is 5.32 Å². The van der Waals surface area contributed by atoms with E-state index in [4.69, 9.17) is 16.3 Å². The fraction of sp³-hybridized carbons (Fsp3) is 0.188. The number of hydrogen-bond donors (Lipinski definition) is 1. The summed E-state index contributed by atoms with van der Waals surface area (Å²) in [7, 11) is 0. The highest BCUT2D eigenvalue weighted by molar-refractivity contribution is 6.17. The SMILES string of the molecule is CC(=O)Nc1cc(CCl)cc(OCc2ccccc2)c1. The topological polar surface area (TPSA) is 38.3 Å². The van der Waals surface area contributed by atoms with Gasteiger partial charge in [0, 0.05) is 24.6 Å². The van der Waals surface area contributed by atoms with Crippen LogP contribution in [0.3, 0.4) is 0 Å². The maximum absolute atomic E-state index is 11.1. The zero-order chi connectivity index (χ0) is 14.4. The molecule has 0 unspecified atom stereocenters. The number of amides is 1. The molecule has 0 fully saturated rings. The molecule has 0 aliphatic heterocycles. The number of hydrogen-bond acceptors (Lipinski definition) is 2. The number of halogens is 1. The number of benzene rings is 2.